The van der Waals surface area contributed by atoms with Gasteiger partial charge in [-0.2, -0.15) is 0 Å². The van der Waals surface area contributed by atoms with Gasteiger partial charge in [0.15, 0.2) is 6.10 Å². The molecule has 0 aliphatic carbocycles. The van der Waals surface area contributed by atoms with Gasteiger partial charge in [0.2, 0.25) is 0 Å². The Kier molecular flexibility index (Phi) is 76.0. The fourth-order valence-electron chi connectivity index (χ4n) is 11.1. The van der Waals surface area contributed by atoms with Crippen LogP contribution < -0.4 is 0 Å². The van der Waals surface area contributed by atoms with E-state index in [0.29, 0.717) is 19.3 Å². The Morgan fingerprint density at radius 3 is 0.819 bits per heavy atom. The first-order chi connectivity index (χ1) is 51.2. The van der Waals surface area contributed by atoms with E-state index in [4.69, 9.17) is 32.3 Å². The lowest BCUT2D eigenvalue weighted by molar-refractivity contribution is -0.161. The Morgan fingerprint density at radius 2 is 0.505 bits per heavy atom. The lowest BCUT2D eigenvalue weighted by atomic mass is 10.0. The van der Waals surface area contributed by atoms with E-state index in [1.165, 1.54) is 154 Å². The van der Waals surface area contributed by atoms with Crippen LogP contribution in [0.5, 0.6) is 0 Å². The highest BCUT2D eigenvalue weighted by Gasteiger charge is 2.29. The van der Waals surface area contributed by atoms with Crippen LogP contribution in [0.2, 0.25) is 0 Å². The number of unbranched alkanes of at least 4 members (excludes halogenated alkanes) is 33. The Balaban J connectivity index is 4.40. The van der Waals surface area contributed by atoms with Gasteiger partial charge in [0.25, 0.3) is 0 Å². The molecule has 0 aromatic carbocycles. The monoisotopic (exact) mass is 1510 g/mol. The van der Waals surface area contributed by atoms with Crippen molar-refractivity contribution in [3.05, 3.63) is 134 Å². The SMILES string of the molecule is CC/C=C\C/C=C\C/C=C\C/C=C\C/C=C\C/C=C\CCCCC(=O)OCC(COP(=O)(O)OCC(O)COP(=O)(O)OCC(O)COC(=O)CCCCCCCCCCCCCCCCCCCCC/C=C\C/C=C\C/C=C\C/C=C\C/C=C\CC)OC(=O)CCCCCCCCCCCCCCC. The largest absolute Gasteiger partial charge is 0.472 e. The third-order valence-corrected chi connectivity index (χ3v) is 19.3. The van der Waals surface area contributed by atoms with E-state index in [0.717, 1.165) is 128 Å². The summed E-state index contributed by atoms with van der Waals surface area (Å²) in [5.41, 5.74) is 0. The third-order valence-electron chi connectivity index (χ3n) is 17.4. The van der Waals surface area contributed by atoms with Crippen molar-refractivity contribution < 1.29 is 75.8 Å². The highest BCUT2D eigenvalue weighted by molar-refractivity contribution is 7.47. The Labute approximate surface area is 639 Å². The van der Waals surface area contributed by atoms with Crippen LogP contribution in [0, 0.1) is 0 Å². The minimum absolute atomic E-state index is 0.0959. The predicted octanol–water partition coefficient (Wildman–Crippen LogP) is 24.7. The van der Waals surface area contributed by atoms with Crippen molar-refractivity contribution in [1.29, 1.82) is 0 Å². The number of ether oxygens (including phenoxy) is 3. The van der Waals surface area contributed by atoms with Crippen LogP contribution in [0.25, 0.3) is 0 Å². The van der Waals surface area contributed by atoms with Crippen molar-refractivity contribution in [1.82, 2.24) is 0 Å². The number of hydrogen-bond acceptors (Lipinski definition) is 14. The molecule has 0 fully saturated rings. The number of carbonyl (C=O) groups excluding carboxylic acids is 3. The standard InChI is InChI=1S/C87H150O16P2/c1-4-7-10-13-16-19-22-25-27-29-31-33-34-35-36-37-38-39-40-41-42-43-44-45-46-48-50-51-53-56-58-61-64-67-70-73-85(90)97-76-82(88)77-99-104(93,94)100-78-83(89)79-101-105(95,96)102-81-84(103-87(92)75-72-69-66-63-60-55-24-21-18-15-12-9-6-3)80-98-86(91)74-71-68-65-62-59-57-54-52-49-47-32-30-28-26-23-20-17-14-11-8-5-2/h7-8,10-11,16-17,19-20,25-28,31-33,35-36,47,52,54,59,62,82-84,88-89H,4-6,9,12-15,18,21-24,29-30,34,37-46,48-51,53,55-58,60-61,63-81H2,1-3H3,(H,93,94)(H,95,96)/b10-7-,11-8-,19-16-,20-17-,27-25-,28-26-,33-31-,36-35-,47-32-,54-52-,62-59-. The quantitative estimate of drug-likeness (QED) is 0.0146. The minimum atomic E-state index is -4.94. The Hall–Kier alpha value is -4.31. The Morgan fingerprint density at radius 1 is 0.276 bits per heavy atom. The number of esters is 3. The third kappa shape index (κ3) is 80.5. The fraction of sp³-hybridized carbons (Fsp3) is 0.713. The van der Waals surface area contributed by atoms with Gasteiger partial charge in [-0.1, -0.05) is 341 Å². The van der Waals surface area contributed by atoms with E-state index in [9.17, 15) is 43.5 Å². The molecular formula is C87H150O16P2. The summed E-state index contributed by atoms with van der Waals surface area (Å²) in [5.74, 6) is -1.62. The molecule has 18 heteroatoms. The molecule has 604 valence electrons. The van der Waals surface area contributed by atoms with E-state index in [1.807, 2.05) is 0 Å². The summed E-state index contributed by atoms with van der Waals surface area (Å²) in [6.45, 7) is 2.43. The molecule has 16 nitrogen and oxygen atoms in total. The minimum Gasteiger partial charge on any atom is -0.463 e. The highest BCUT2D eigenvalue weighted by atomic mass is 31.2. The van der Waals surface area contributed by atoms with E-state index in [2.05, 4.69) is 154 Å². The molecule has 5 atom stereocenters. The molecule has 5 unspecified atom stereocenters. The number of rotatable bonds is 78. The van der Waals surface area contributed by atoms with Crippen molar-refractivity contribution in [3.63, 3.8) is 0 Å². The maximum Gasteiger partial charge on any atom is 0.472 e. The summed E-state index contributed by atoms with van der Waals surface area (Å²) in [5, 5.41) is 20.6. The molecule has 0 aliphatic rings. The van der Waals surface area contributed by atoms with E-state index in [1.54, 1.807) is 0 Å². The molecule has 0 bridgehead atoms. The molecule has 0 heterocycles. The van der Waals surface area contributed by atoms with Crippen LogP contribution in [0.1, 0.15) is 342 Å². The molecule has 0 spiro atoms. The number of phosphoric acid groups is 2. The number of aliphatic hydroxyl groups excluding tert-OH is 2. The second-order valence-electron chi connectivity index (χ2n) is 27.5. The molecule has 0 rings (SSSR count). The van der Waals surface area contributed by atoms with Gasteiger partial charge in [-0.3, -0.25) is 32.5 Å². The second kappa shape index (κ2) is 79.2. The van der Waals surface area contributed by atoms with Gasteiger partial charge in [0.1, 0.15) is 25.4 Å². The Bertz CT molecular complexity index is 2440. The van der Waals surface area contributed by atoms with E-state index in [-0.39, 0.29) is 19.3 Å². The zero-order valence-corrected chi connectivity index (χ0v) is 67.9. The first-order valence-corrected chi connectivity index (χ1v) is 44.5. The van der Waals surface area contributed by atoms with Crippen molar-refractivity contribution in [2.75, 3.05) is 39.6 Å². The highest BCUT2D eigenvalue weighted by Crippen LogP contribution is 2.45. The lowest BCUT2D eigenvalue weighted by Crippen LogP contribution is -2.30. The summed E-state index contributed by atoms with van der Waals surface area (Å²) >= 11 is 0. The van der Waals surface area contributed by atoms with Gasteiger partial charge in [-0.15, -0.1) is 0 Å². The van der Waals surface area contributed by atoms with E-state index < -0.39 is 91.5 Å². The van der Waals surface area contributed by atoms with E-state index >= 15 is 0 Å². The summed E-state index contributed by atoms with van der Waals surface area (Å²) in [6.07, 6.45) is 96.7. The normalized spacial score (nSPS) is 14.6. The van der Waals surface area contributed by atoms with Crippen molar-refractivity contribution >= 4 is 33.6 Å². The van der Waals surface area contributed by atoms with Crippen LogP contribution in [-0.4, -0.2) is 95.9 Å². The maximum atomic E-state index is 12.9. The predicted molar refractivity (Wildman–Crippen MR) is 436 cm³/mol. The van der Waals surface area contributed by atoms with Crippen molar-refractivity contribution in [2.45, 2.75) is 360 Å². The molecular weight excluding hydrogens is 1360 g/mol. The lowest BCUT2D eigenvalue weighted by Gasteiger charge is -2.21. The summed E-state index contributed by atoms with van der Waals surface area (Å²) < 4.78 is 61.1. The topological polar surface area (TPSA) is 231 Å². The molecule has 0 saturated carbocycles. The molecule has 0 aromatic heterocycles. The van der Waals surface area contributed by atoms with Gasteiger partial charge in [-0.05, 0) is 116 Å². The van der Waals surface area contributed by atoms with Crippen LogP contribution in [0.15, 0.2) is 134 Å². The van der Waals surface area contributed by atoms with Crippen LogP contribution in [-0.2, 0) is 55.8 Å². The van der Waals surface area contributed by atoms with Crippen molar-refractivity contribution in [3.8, 4) is 0 Å². The van der Waals surface area contributed by atoms with Gasteiger partial charge in [0, 0.05) is 19.3 Å². The maximum absolute atomic E-state index is 12.9. The second-order valence-corrected chi connectivity index (χ2v) is 30.4. The van der Waals surface area contributed by atoms with Gasteiger partial charge in [0.05, 0.1) is 26.4 Å². The zero-order chi connectivity index (χ0) is 76.6. The summed E-state index contributed by atoms with van der Waals surface area (Å²) in [6, 6.07) is 0. The fourth-order valence-corrected chi connectivity index (χ4v) is 12.7. The molecule has 0 saturated heterocycles. The summed E-state index contributed by atoms with van der Waals surface area (Å²) in [4.78, 5) is 58.6. The first-order valence-electron chi connectivity index (χ1n) is 41.5. The smallest absolute Gasteiger partial charge is 0.463 e. The number of allylic oxidation sites excluding steroid dienone is 22. The molecule has 4 N–H and O–H groups in total. The number of aliphatic hydroxyl groups is 2. The molecule has 0 aliphatic heterocycles. The average molecular weight is 1510 g/mol. The van der Waals surface area contributed by atoms with Gasteiger partial charge >= 0.3 is 33.6 Å². The molecule has 0 aromatic rings. The molecule has 0 amide bonds. The molecule has 105 heavy (non-hydrogen) atoms. The summed E-state index contributed by atoms with van der Waals surface area (Å²) in [7, 11) is -9.80. The first kappa shape index (κ1) is 101. The molecule has 0 radical (unpaired) electrons. The number of hydrogen-bond donors (Lipinski definition) is 4. The van der Waals surface area contributed by atoms with Crippen molar-refractivity contribution in [2.24, 2.45) is 0 Å². The number of carbonyl (C=O) groups is 3. The zero-order valence-electron chi connectivity index (χ0n) is 66.1. The van der Waals surface area contributed by atoms with Gasteiger partial charge in [-0.25, -0.2) is 9.13 Å². The van der Waals surface area contributed by atoms with Crippen LogP contribution in [0.4, 0.5) is 0 Å². The van der Waals surface area contributed by atoms with Crippen LogP contribution >= 0.6 is 15.6 Å². The van der Waals surface area contributed by atoms with Crippen LogP contribution in [0.3, 0.4) is 0 Å². The average Bonchev–Trinajstić information content (AvgIpc) is 0.932. The van der Waals surface area contributed by atoms with Gasteiger partial charge < -0.3 is 34.2 Å². The number of phosphoric ester groups is 2.